The number of hydrogen-bond donors (Lipinski definition) is 1. The fourth-order valence-electron chi connectivity index (χ4n) is 2.91. The molecule has 126 valence electrons. The first-order chi connectivity index (χ1) is 10.2. The number of unbranched alkanes of at least 4 members (excludes halogenated alkanes) is 7. The van der Waals surface area contributed by atoms with E-state index in [-0.39, 0.29) is 5.92 Å². The van der Waals surface area contributed by atoms with Gasteiger partial charge in [0.05, 0.1) is 0 Å². The summed E-state index contributed by atoms with van der Waals surface area (Å²) in [4.78, 5) is 14.4. The van der Waals surface area contributed by atoms with Crippen LogP contribution < -0.4 is 5.73 Å². The summed E-state index contributed by atoms with van der Waals surface area (Å²) in [5.41, 5.74) is 5.68. The quantitative estimate of drug-likeness (QED) is 0.485. The van der Waals surface area contributed by atoms with E-state index in [1.807, 2.05) is 4.90 Å². The summed E-state index contributed by atoms with van der Waals surface area (Å²) in [5, 5.41) is 0. The van der Waals surface area contributed by atoms with Gasteiger partial charge < -0.3 is 10.6 Å². The molecule has 3 heteroatoms. The Morgan fingerprint density at radius 2 is 1.38 bits per heavy atom. The third kappa shape index (κ3) is 9.89. The molecule has 0 aliphatic rings. The second-order valence-corrected chi connectivity index (χ2v) is 6.05. The Bertz CT molecular complexity index is 239. The van der Waals surface area contributed by atoms with Gasteiger partial charge in [0, 0.05) is 19.0 Å². The van der Waals surface area contributed by atoms with Gasteiger partial charge in [0.25, 0.3) is 0 Å². The topological polar surface area (TPSA) is 46.3 Å². The van der Waals surface area contributed by atoms with Crippen LogP contribution in [0.2, 0.25) is 0 Å². The Morgan fingerprint density at radius 3 is 1.86 bits per heavy atom. The van der Waals surface area contributed by atoms with Gasteiger partial charge in [-0.1, -0.05) is 58.3 Å². The molecule has 0 fully saturated rings. The molecule has 1 amide bonds. The third-order valence-electron chi connectivity index (χ3n) is 4.35. The van der Waals surface area contributed by atoms with Crippen LogP contribution >= 0.6 is 0 Å². The number of carbonyl (C=O) groups is 1. The van der Waals surface area contributed by atoms with Crippen molar-refractivity contribution < 1.29 is 4.79 Å². The smallest absolute Gasteiger partial charge is 0.225 e. The van der Waals surface area contributed by atoms with Crippen LogP contribution in [0.25, 0.3) is 0 Å². The molecule has 0 radical (unpaired) electrons. The van der Waals surface area contributed by atoms with Crippen molar-refractivity contribution in [2.75, 3.05) is 19.6 Å². The van der Waals surface area contributed by atoms with Crippen LogP contribution in [0, 0.1) is 5.92 Å². The highest BCUT2D eigenvalue weighted by Gasteiger charge is 2.21. The van der Waals surface area contributed by atoms with Crippen molar-refractivity contribution in [2.24, 2.45) is 11.7 Å². The van der Waals surface area contributed by atoms with Crippen molar-refractivity contribution >= 4 is 5.91 Å². The second-order valence-electron chi connectivity index (χ2n) is 6.05. The lowest BCUT2D eigenvalue weighted by Crippen LogP contribution is -2.36. The van der Waals surface area contributed by atoms with Gasteiger partial charge in [-0.3, -0.25) is 4.79 Å². The molecule has 0 rings (SSSR count). The average molecular weight is 299 g/mol. The number of hydrogen-bond acceptors (Lipinski definition) is 2. The Kier molecular flexibility index (Phi) is 14.0. The molecule has 0 aromatic carbocycles. The van der Waals surface area contributed by atoms with Gasteiger partial charge in [0.2, 0.25) is 5.91 Å². The maximum Gasteiger partial charge on any atom is 0.225 e. The molecule has 3 nitrogen and oxygen atoms in total. The van der Waals surface area contributed by atoms with Crippen molar-refractivity contribution in [3.05, 3.63) is 0 Å². The molecule has 0 aromatic rings. The Morgan fingerprint density at radius 1 is 0.857 bits per heavy atom. The van der Waals surface area contributed by atoms with Crippen molar-refractivity contribution in [3.63, 3.8) is 0 Å². The lowest BCUT2D eigenvalue weighted by atomic mass is 9.95. The van der Waals surface area contributed by atoms with Gasteiger partial charge >= 0.3 is 0 Å². The Hall–Kier alpha value is -0.570. The molecule has 0 aromatic heterocycles. The molecule has 0 bridgehead atoms. The normalized spacial score (nSPS) is 12.4. The van der Waals surface area contributed by atoms with Gasteiger partial charge in [0.1, 0.15) is 0 Å². The summed E-state index contributed by atoms with van der Waals surface area (Å²) in [6.45, 7) is 8.61. The van der Waals surface area contributed by atoms with Crippen LogP contribution in [0.15, 0.2) is 0 Å². The largest absolute Gasteiger partial charge is 0.343 e. The predicted octanol–water partition coefficient (Wildman–Crippen LogP) is 4.35. The maximum absolute atomic E-state index is 12.4. The lowest BCUT2D eigenvalue weighted by Gasteiger charge is -2.25. The van der Waals surface area contributed by atoms with E-state index in [0.29, 0.717) is 12.5 Å². The van der Waals surface area contributed by atoms with E-state index in [9.17, 15) is 4.79 Å². The van der Waals surface area contributed by atoms with E-state index in [1.165, 1.54) is 51.4 Å². The van der Waals surface area contributed by atoms with Crippen LogP contribution in [0.1, 0.15) is 85.0 Å². The van der Waals surface area contributed by atoms with E-state index >= 15 is 0 Å². The van der Waals surface area contributed by atoms with Crippen LogP contribution in [-0.4, -0.2) is 30.4 Å². The van der Waals surface area contributed by atoms with Crippen molar-refractivity contribution in [1.82, 2.24) is 4.90 Å². The van der Waals surface area contributed by atoms with Gasteiger partial charge in [0.15, 0.2) is 0 Å². The Balaban J connectivity index is 3.86. The summed E-state index contributed by atoms with van der Waals surface area (Å²) in [7, 11) is 0. The minimum absolute atomic E-state index is 0.148. The standard InChI is InChI=1S/C18H38N2O/c1-4-7-8-9-10-11-12-13-14-17(15-16-19)18(21)20(5-2)6-3/h17H,4-16,19H2,1-3H3. The lowest BCUT2D eigenvalue weighted by molar-refractivity contribution is -0.135. The minimum Gasteiger partial charge on any atom is -0.343 e. The summed E-state index contributed by atoms with van der Waals surface area (Å²) in [6, 6.07) is 0. The van der Waals surface area contributed by atoms with E-state index in [2.05, 4.69) is 20.8 Å². The molecule has 0 saturated heterocycles. The van der Waals surface area contributed by atoms with Crippen molar-refractivity contribution in [3.8, 4) is 0 Å². The SMILES string of the molecule is CCCCCCCCCCC(CCN)C(=O)N(CC)CC. The van der Waals surface area contributed by atoms with Crippen molar-refractivity contribution in [1.29, 1.82) is 0 Å². The summed E-state index contributed by atoms with van der Waals surface area (Å²) >= 11 is 0. The number of nitrogens with zero attached hydrogens (tertiary/aromatic N) is 1. The zero-order valence-corrected chi connectivity index (χ0v) is 14.7. The number of nitrogens with two attached hydrogens (primary N) is 1. The molecule has 0 spiro atoms. The second kappa shape index (κ2) is 14.4. The zero-order chi connectivity index (χ0) is 15.9. The Labute approximate surface area is 132 Å². The van der Waals surface area contributed by atoms with Crippen LogP contribution in [0.5, 0.6) is 0 Å². The first-order valence-electron chi connectivity index (χ1n) is 9.19. The summed E-state index contributed by atoms with van der Waals surface area (Å²) in [6.07, 6.45) is 12.4. The highest BCUT2D eigenvalue weighted by atomic mass is 16.2. The van der Waals surface area contributed by atoms with Gasteiger partial charge in [-0.2, -0.15) is 0 Å². The molecular weight excluding hydrogens is 260 g/mol. The average Bonchev–Trinajstić information content (AvgIpc) is 2.50. The molecule has 0 aliphatic heterocycles. The fraction of sp³-hybridized carbons (Fsp3) is 0.944. The molecule has 1 atom stereocenters. The molecule has 2 N–H and O–H groups in total. The van der Waals surface area contributed by atoms with Gasteiger partial charge in [-0.25, -0.2) is 0 Å². The van der Waals surface area contributed by atoms with Crippen molar-refractivity contribution in [2.45, 2.75) is 85.0 Å². The number of carbonyl (C=O) groups excluding carboxylic acids is 1. The van der Waals surface area contributed by atoms with E-state index < -0.39 is 0 Å². The first-order valence-corrected chi connectivity index (χ1v) is 9.19. The van der Waals surface area contributed by atoms with Crippen LogP contribution in [0.3, 0.4) is 0 Å². The minimum atomic E-state index is 0.148. The van der Waals surface area contributed by atoms with Gasteiger partial charge in [-0.05, 0) is 33.2 Å². The number of rotatable bonds is 14. The molecule has 0 saturated carbocycles. The van der Waals surface area contributed by atoms with Gasteiger partial charge in [-0.15, -0.1) is 0 Å². The highest BCUT2D eigenvalue weighted by molar-refractivity contribution is 5.78. The maximum atomic E-state index is 12.4. The predicted molar refractivity (Wildman–Crippen MR) is 92.3 cm³/mol. The molecule has 21 heavy (non-hydrogen) atoms. The van der Waals surface area contributed by atoms with Crippen LogP contribution in [-0.2, 0) is 4.79 Å². The first kappa shape index (κ1) is 20.4. The fourth-order valence-corrected chi connectivity index (χ4v) is 2.91. The summed E-state index contributed by atoms with van der Waals surface area (Å²) in [5.74, 6) is 0.461. The zero-order valence-electron chi connectivity index (χ0n) is 14.7. The van der Waals surface area contributed by atoms with Crippen LogP contribution in [0.4, 0.5) is 0 Å². The molecular formula is C18H38N2O. The van der Waals surface area contributed by atoms with E-state index in [1.54, 1.807) is 0 Å². The monoisotopic (exact) mass is 298 g/mol. The number of amides is 1. The third-order valence-corrected chi connectivity index (χ3v) is 4.35. The van der Waals surface area contributed by atoms with E-state index in [0.717, 1.165) is 25.9 Å². The molecule has 0 aliphatic carbocycles. The molecule has 1 unspecified atom stereocenters. The summed E-state index contributed by atoms with van der Waals surface area (Å²) < 4.78 is 0. The highest BCUT2D eigenvalue weighted by Crippen LogP contribution is 2.18. The molecule has 0 heterocycles. The van der Waals surface area contributed by atoms with E-state index in [4.69, 9.17) is 5.73 Å².